The maximum Gasteiger partial charge on any atom is 0.252 e. The Balaban J connectivity index is 1.51. The van der Waals surface area contributed by atoms with Crippen LogP contribution in [0.15, 0.2) is 42.5 Å². The molecule has 0 spiro atoms. The first kappa shape index (κ1) is 13.6. The maximum absolute atomic E-state index is 12.4. The van der Waals surface area contributed by atoms with E-state index < -0.39 is 6.04 Å². The van der Waals surface area contributed by atoms with Crippen molar-refractivity contribution in [2.75, 3.05) is 12.1 Å². The molecule has 0 aliphatic carbocycles. The van der Waals surface area contributed by atoms with E-state index in [4.69, 9.17) is 9.47 Å². The lowest BCUT2D eigenvalue weighted by Gasteiger charge is -2.24. The van der Waals surface area contributed by atoms with E-state index in [9.17, 15) is 9.59 Å². The molecule has 6 heteroatoms. The molecule has 1 atom stereocenters. The zero-order chi connectivity index (χ0) is 15.8. The summed E-state index contributed by atoms with van der Waals surface area (Å²) in [5.74, 6) is 0.771. The second-order valence-corrected chi connectivity index (χ2v) is 5.44. The molecule has 4 rings (SSSR count). The van der Waals surface area contributed by atoms with Crippen molar-refractivity contribution in [2.24, 2.45) is 0 Å². The minimum absolute atomic E-state index is 0.183. The largest absolute Gasteiger partial charge is 0.454 e. The standard InChI is InChI=1S/C17H14N2O4/c20-16-12-4-2-1-3-10(12)7-13(19-16)17(21)18-11-5-6-14-15(8-11)23-9-22-14/h1-6,8,13H,7,9H2,(H,18,21)(H,19,20)/t13-/m1/s1. The summed E-state index contributed by atoms with van der Waals surface area (Å²) in [4.78, 5) is 24.5. The third kappa shape index (κ3) is 2.48. The van der Waals surface area contributed by atoms with Gasteiger partial charge in [0.15, 0.2) is 11.5 Å². The van der Waals surface area contributed by atoms with E-state index in [-0.39, 0.29) is 18.6 Å². The second-order valence-electron chi connectivity index (χ2n) is 5.44. The summed E-state index contributed by atoms with van der Waals surface area (Å²) < 4.78 is 10.5. The summed E-state index contributed by atoms with van der Waals surface area (Å²) in [6, 6.07) is 11.9. The van der Waals surface area contributed by atoms with Crippen LogP contribution in [0.5, 0.6) is 11.5 Å². The van der Waals surface area contributed by atoms with Crippen LogP contribution in [-0.4, -0.2) is 24.6 Å². The Labute approximate surface area is 132 Å². The average molecular weight is 310 g/mol. The van der Waals surface area contributed by atoms with E-state index in [1.807, 2.05) is 18.2 Å². The van der Waals surface area contributed by atoms with Crippen molar-refractivity contribution in [1.82, 2.24) is 5.32 Å². The van der Waals surface area contributed by atoms with Crippen molar-refractivity contribution in [3.8, 4) is 11.5 Å². The van der Waals surface area contributed by atoms with Gasteiger partial charge in [-0.15, -0.1) is 0 Å². The number of hydrogen-bond acceptors (Lipinski definition) is 4. The van der Waals surface area contributed by atoms with Crippen LogP contribution in [0.25, 0.3) is 0 Å². The summed E-state index contributed by atoms with van der Waals surface area (Å²) in [5.41, 5.74) is 2.11. The number of amides is 2. The van der Waals surface area contributed by atoms with Crippen LogP contribution >= 0.6 is 0 Å². The van der Waals surface area contributed by atoms with Gasteiger partial charge in [-0.1, -0.05) is 18.2 Å². The fourth-order valence-corrected chi connectivity index (χ4v) is 2.79. The van der Waals surface area contributed by atoms with Crippen molar-refractivity contribution < 1.29 is 19.1 Å². The zero-order valence-corrected chi connectivity index (χ0v) is 12.2. The highest BCUT2D eigenvalue weighted by atomic mass is 16.7. The monoisotopic (exact) mass is 310 g/mol. The van der Waals surface area contributed by atoms with E-state index >= 15 is 0 Å². The maximum atomic E-state index is 12.4. The van der Waals surface area contributed by atoms with Crippen molar-refractivity contribution >= 4 is 17.5 Å². The van der Waals surface area contributed by atoms with Crippen molar-refractivity contribution in [3.63, 3.8) is 0 Å². The lowest BCUT2D eigenvalue weighted by molar-refractivity contribution is -0.118. The lowest BCUT2D eigenvalue weighted by atomic mass is 9.95. The molecule has 6 nitrogen and oxygen atoms in total. The summed E-state index contributed by atoms with van der Waals surface area (Å²) in [6.45, 7) is 0.183. The Morgan fingerprint density at radius 1 is 1.13 bits per heavy atom. The van der Waals surface area contributed by atoms with Gasteiger partial charge in [0.2, 0.25) is 12.7 Å². The predicted octanol–water partition coefficient (Wildman–Crippen LogP) is 1.71. The molecule has 2 aliphatic rings. The predicted molar refractivity (Wildman–Crippen MR) is 82.6 cm³/mol. The van der Waals surface area contributed by atoms with E-state index in [1.165, 1.54) is 0 Å². The molecule has 0 unspecified atom stereocenters. The first-order valence-electron chi connectivity index (χ1n) is 7.30. The number of benzene rings is 2. The topological polar surface area (TPSA) is 76.7 Å². The molecule has 0 fully saturated rings. The van der Waals surface area contributed by atoms with Crippen LogP contribution in [0.2, 0.25) is 0 Å². The first-order valence-corrected chi connectivity index (χ1v) is 7.30. The molecule has 23 heavy (non-hydrogen) atoms. The van der Waals surface area contributed by atoms with Gasteiger partial charge in [-0.25, -0.2) is 0 Å². The molecular weight excluding hydrogens is 296 g/mol. The Bertz CT molecular complexity index is 803. The Morgan fingerprint density at radius 3 is 2.87 bits per heavy atom. The Hall–Kier alpha value is -3.02. The van der Waals surface area contributed by atoms with Gasteiger partial charge in [0, 0.05) is 23.7 Å². The Morgan fingerprint density at radius 2 is 1.96 bits per heavy atom. The first-order chi connectivity index (χ1) is 11.2. The fraction of sp³-hybridized carbons (Fsp3) is 0.176. The molecule has 0 saturated heterocycles. The van der Waals surface area contributed by atoms with Crippen molar-refractivity contribution in [2.45, 2.75) is 12.5 Å². The van der Waals surface area contributed by atoms with Crippen molar-refractivity contribution in [3.05, 3.63) is 53.6 Å². The highest BCUT2D eigenvalue weighted by molar-refractivity contribution is 6.03. The summed E-state index contributed by atoms with van der Waals surface area (Å²) >= 11 is 0. The van der Waals surface area contributed by atoms with Crippen LogP contribution < -0.4 is 20.1 Å². The second kappa shape index (κ2) is 5.31. The quantitative estimate of drug-likeness (QED) is 0.885. The molecular formula is C17H14N2O4. The highest BCUT2D eigenvalue weighted by Gasteiger charge is 2.29. The van der Waals surface area contributed by atoms with E-state index in [0.717, 1.165) is 5.56 Å². The molecule has 2 amide bonds. The third-order valence-corrected chi connectivity index (χ3v) is 3.95. The van der Waals surface area contributed by atoms with Crippen LogP contribution in [0, 0.1) is 0 Å². The number of anilines is 1. The van der Waals surface area contributed by atoms with E-state index in [0.29, 0.717) is 29.2 Å². The summed E-state index contributed by atoms with van der Waals surface area (Å²) in [5, 5.41) is 5.54. The summed E-state index contributed by atoms with van der Waals surface area (Å²) in [7, 11) is 0. The zero-order valence-electron chi connectivity index (χ0n) is 12.2. The van der Waals surface area contributed by atoms with Gasteiger partial charge in [-0.3, -0.25) is 9.59 Å². The van der Waals surface area contributed by atoms with Gasteiger partial charge >= 0.3 is 0 Å². The number of carbonyl (C=O) groups is 2. The minimum atomic E-state index is -0.595. The molecule has 0 saturated carbocycles. The van der Waals surface area contributed by atoms with Crippen LogP contribution in [0.4, 0.5) is 5.69 Å². The lowest BCUT2D eigenvalue weighted by Crippen LogP contribution is -2.48. The SMILES string of the molecule is O=C1N[C@@H](C(=O)Nc2ccc3c(c2)OCO3)Cc2ccccc21. The van der Waals surface area contributed by atoms with E-state index in [2.05, 4.69) is 10.6 Å². The van der Waals surface area contributed by atoms with Gasteiger partial charge in [0.05, 0.1) is 0 Å². The number of rotatable bonds is 2. The van der Waals surface area contributed by atoms with Gasteiger partial charge in [-0.2, -0.15) is 0 Å². The molecule has 2 aliphatic heterocycles. The smallest absolute Gasteiger partial charge is 0.252 e. The number of fused-ring (bicyclic) bond motifs is 2. The molecule has 0 radical (unpaired) electrons. The van der Waals surface area contributed by atoms with Crippen LogP contribution in [0.1, 0.15) is 15.9 Å². The molecule has 2 aromatic rings. The molecule has 2 heterocycles. The molecule has 2 N–H and O–H groups in total. The van der Waals surface area contributed by atoms with Crippen molar-refractivity contribution in [1.29, 1.82) is 0 Å². The average Bonchev–Trinajstić information content (AvgIpc) is 3.02. The third-order valence-electron chi connectivity index (χ3n) is 3.95. The molecule has 0 aromatic heterocycles. The molecule has 0 bridgehead atoms. The normalized spacial score (nSPS) is 18.1. The van der Waals surface area contributed by atoms with Gasteiger partial charge in [-0.05, 0) is 23.8 Å². The number of nitrogens with one attached hydrogen (secondary N) is 2. The van der Waals surface area contributed by atoms with Gasteiger partial charge in [0.1, 0.15) is 6.04 Å². The number of carbonyl (C=O) groups excluding carboxylic acids is 2. The number of hydrogen-bond donors (Lipinski definition) is 2. The van der Waals surface area contributed by atoms with E-state index in [1.54, 1.807) is 24.3 Å². The molecule has 116 valence electrons. The number of ether oxygens (including phenoxy) is 2. The van der Waals surface area contributed by atoms with Gasteiger partial charge < -0.3 is 20.1 Å². The Kier molecular flexibility index (Phi) is 3.15. The fourth-order valence-electron chi connectivity index (χ4n) is 2.79. The van der Waals surface area contributed by atoms with Crippen LogP contribution in [-0.2, 0) is 11.2 Å². The molecule has 2 aromatic carbocycles. The minimum Gasteiger partial charge on any atom is -0.454 e. The highest BCUT2D eigenvalue weighted by Crippen LogP contribution is 2.34. The summed E-state index contributed by atoms with van der Waals surface area (Å²) in [6.07, 6.45) is 0.471. The van der Waals surface area contributed by atoms with Crippen LogP contribution in [0.3, 0.4) is 0 Å². The van der Waals surface area contributed by atoms with Gasteiger partial charge in [0.25, 0.3) is 5.91 Å².